The van der Waals surface area contributed by atoms with E-state index in [0.717, 1.165) is 24.1 Å². The van der Waals surface area contributed by atoms with Crippen molar-refractivity contribution < 1.29 is 4.79 Å². The van der Waals surface area contributed by atoms with Crippen molar-refractivity contribution in [3.05, 3.63) is 66.1 Å². The van der Waals surface area contributed by atoms with Gasteiger partial charge in [0.1, 0.15) is 0 Å². The number of hydrogen-bond donors (Lipinski definition) is 2. The number of hydrogen-bond acceptors (Lipinski definition) is 3. The summed E-state index contributed by atoms with van der Waals surface area (Å²) in [5.41, 5.74) is 1.92. The van der Waals surface area contributed by atoms with E-state index in [4.69, 9.17) is 0 Å². The first-order valence-electron chi connectivity index (χ1n) is 8.64. The lowest BCUT2D eigenvalue weighted by Crippen LogP contribution is -2.40. The van der Waals surface area contributed by atoms with E-state index in [0.29, 0.717) is 11.7 Å². The highest BCUT2D eigenvalue weighted by Crippen LogP contribution is 2.40. The quantitative estimate of drug-likeness (QED) is 0.752. The van der Waals surface area contributed by atoms with Gasteiger partial charge in [0.15, 0.2) is 11.5 Å². The molecule has 2 atom stereocenters. The molecule has 25 heavy (non-hydrogen) atoms. The van der Waals surface area contributed by atoms with Crippen molar-refractivity contribution in [3.63, 3.8) is 0 Å². The van der Waals surface area contributed by atoms with Gasteiger partial charge < -0.3 is 10.6 Å². The van der Waals surface area contributed by atoms with Crippen molar-refractivity contribution in [2.75, 3.05) is 0 Å². The number of rotatable bonds is 5. The van der Waals surface area contributed by atoms with Crippen LogP contribution in [0.5, 0.6) is 0 Å². The lowest BCUT2D eigenvalue weighted by Gasteiger charge is -2.21. The normalized spacial score (nSPS) is 16.4. The average Bonchev–Trinajstić information content (AvgIpc) is 3.38. The molecule has 1 fully saturated rings. The molecule has 2 N–H and O–H groups in total. The average molecular weight is 335 g/mol. The number of fused-ring (bicyclic) bond motifs is 1. The summed E-state index contributed by atoms with van der Waals surface area (Å²) in [5.74, 6) is 1.24. The van der Waals surface area contributed by atoms with Gasteiger partial charge in [0.2, 0.25) is 0 Å². The predicted octanol–water partition coefficient (Wildman–Crippen LogP) is 3.24. The minimum atomic E-state index is -0.243. The summed E-state index contributed by atoms with van der Waals surface area (Å²) in [4.78, 5) is 12.5. The smallest absolute Gasteiger partial charge is 0.315 e. The molecule has 4 rings (SSSR count). The summed E-state index contributed by atoms with van der Waals surface area (Å²) >= 11 is 0. The Labute approximate surface area is 146 Å². The number of carbonyl (C=O) groups excluding carboxylic acids is 1. The van der Waals surface area contributed by atoms with E-state index in [1.807, 2.05) is 53.9 Å². The van der Waals surface area contributed by atoms with E-state index in [-0.39, 0.29) is 18.1 Å². The summed E-state index contributed by atoms with van der Waals surface area (Å²) < 4.78 is 1.89. The van der Waals surface area contributed by atoms with E-state index in [2.05, 4.69) is 33.0 Å². The van der Waals surface area contributed by atoms with Crippen LogP contribution in [-0.2, 0) is 0 Å². The second-order valence-electron chi connectivity index (χ2n) is 6.55. The van der Waals surface area contributed by atoms with Crippen LogP contribution in [-0.4, -0.2) is 20.6 Å². The Morgan fingerprint density at radius 1 is 1.08 bits per heavy atom. The van der Waals surface area contributed by atoms with Crippen molar-refractivity contribution >= 4 is 11.7 Å². The molecule has 3 aromatic rings. The van der Waals surface area contributed by atoms with Gasteiger partial charge in [-0.15, -0.1) is 10.2 Å². The van der Waals surface area contributed by atoms with Crippen LogP contribution < -0.4 is 10.6 Å². The van der Waals surface area contributed by atoms with Crippen LogP contribution in [0, 0.1) is 5.92 Å². The van der Waals surface area contributed by atoms with E-state index < -0.39 is 0 Å². The zero-order valence-corrected chi connectivity index (χ0v) is 14.1. The minimum Gasteiger partial charge on any atom is -0.331 e. The standard InChI is InChI=1S/C19H21N5O/c1-13(18-23-22-16-9-5-6-12-24(16)18)20-19(25)21-17(15-10-11-15)14-7-3-2-4-8-14/h2-9,12-13,15,17H,10-11H2,1H3,(H2,20,21,25). The summed E-state index contributed by atoms with van der Waals surface area (Å²) in [6.45, 7) is 1.91. The Kier molecular flexibility index (Phi) is 4.09. The molecule has 1 aromatic carbocycles. The molecular weight excluding hydrogens is 314 g/mol. The van der Waals surface area contributed by atoms with Crippen LogP contribution in [0.15, 0.2) is 54.7 Å². The molecule has 0 spiro atoms. The molecule has 1 saturated carbocycles. The second-order valence-corrected chi connectivity index (χ2v) is 6.55. The van der Waals surface area contributed by atoms with Gasteiger partial charge in [-0.1, -0.05) is 36.4 Å². The van der Waals surface area contributed by atoms with Gasteiger partial charge in [0, 0.05) is 6.20 Å². The maximum Gasteiger partial charge on any atom is 0.315 e. The van der Waals surface area contributed by atoms with Crippen molar-refractivity contribution in [2.45, 2.75) is 31.8 Å². The van der Waals surface area contributed by atoms with Gasteiger partial charge in [0.05, 0.1) is 12.1 Å². The highest BCUT2D eigenvalue weighted by atomic mass is 16.2. The fraction of sp³-hybridized carbons (Fsp3) is 0.316. The fourth-order valence-electron chi connectivity index (χ4n) is 3.16. The third-order valence-electron chi connectivity index (χ3n) is 4.61. The Morgan fingerprint density at radius 2 is 1.84 bits per heavy atom. The van der Waals surface area contributed by atoms with Crippen LogP contribution in [0.2, 0.25) is 0 Å². The van der Waals surface area contributed by atoms with Crippen LogP contribution in [0.1, 0.15) is 43.2 Å². The first kappa shape index (κ1) is 15.6. The summed E-state index contributed by atoms with van der Waals surface area (Å²) in [6.07, 6.45) is 4.21. The Bertz CT molecular complexity index is 872. The molecular formula is C19H21N5O. The van der Waals surface area contributed by atoms with Crippen LogP contribution in [0.3, 0.4) is 0 Å². The van der Waals surface area contributed by atoms with E-state index in [1.54, 1.807) is 0 Å². The number of urea groups is 1. The topological polar surface area (TPSA) is 71.3 Å². The highest BCUT2D eigenvalue weighted by molar-refractivity contribution is 5.75. The van der Waals surface area contributed by atoms with Crippen LogP contribution in [0.4, 0.5) is 4.79 Å². The zero-order valence-electron chi connectivity index (χ0n) is 14.1. The Balaban J connectivity index is 1.46. The minimum absolute atomic E-state index is 0.0588. The molecule has 1 aliphatic carbocycles. The number of amides is 2. The second kappa shape index (κ2) is 6.55. The SMILES string of the molecule is CC(NC(=O)NC(c1ccccc1)C1CC1)c1nnc2ccccn12. The maximum absolute atomic E-state index is 12.5. The monoisotopic (exact) mass is 335 g/mol. The van der Waals surface area contributed by atoms with Crippen molar-refractivity contribution in [2.24, 2.45) is 5.92 Å². The predicted molar refractivity (Wildman–Crippen MR) is 95.0 cm³/mol. The number of benzene rings is 1. The van der Waals surface area contributed by atoms with E-state index >= 15 is 0 Å². The molecule has 128 valence electrons. The molecule has 2 amide bonds. The molecule has 2 heterocycles. The van der Waals surface area contributed by atoms with Gasteiger partial charge in [-0.2, -0.15) is 0 Å². The Hall–Kier alpha value is -2.89. The lowest BCUT2D eigenvalue weighted by atomic mass is 10.0. The summed E-state index contributed by atoms with van der Waals surface area (Å²) in [7, 11) is 0. The van der Waals surface area contributed by atoms with Crippen LogP contribution >= 0.6 is 0 Å². The number of aromatic nitrogens is 3. The molecule has 0 saturated heterocycles. The molecule has 0 bridgehead atoms. The van der Waals surface area contributed by atoms with Crippen molar-refractivity contribution in [1.82, 2.24) is 25.2 Å². The fourth-order valence-corrected chi connectivity index (χ4v) is 3.16. The summed E-state index contributed by atoms with van der Waals surface area (Å²) in [6, 6.07) is 15.5. The first-order chi connectivity index (χ1) is 12.2. The molecule has 0 radical (unpaired) electrons. The molecule has 2 unspecified atom stereocenters. The van der Waals surface area contributed by atoms with E-state index in [1.165, 1.54) is 0 Å². The number of carbonyl (C=O) groups is 1. The molecule has 0 aliphatic heterocycles. The lowest BCUT2D eigenvalue weighted by molar-refractivity contribution is 0.232. The van der Waals surface area contributed by atoms with Gasteiger partial charge in [-0.3, -0.25) is 4.40 Å². The van der Waals surface area contributed by atoms with E-state index in [9.17, 15) is 4.79 Å². The highest BCUT2D eigenvalue weighted by Gasteiger charge is 2.33. The summed E-state index contributed by atoms with van der Waals surface area (Å²) in [5, 5.41) is 14.5. The third-order valence-corrected chi connectivity index (χ3v) is 4.61. The maximum atomic E-state index is 12.5. The number of nitrogens with zero attached hydrogens (tertiary/aromatic N) is 3. The molecule has 6 nitrogen and oxygen atoms in total. The molecule has 2 aromatic heterocycles. The van der Waals surface area contributed by atoms with Crippen molar-refractivity contribution in [3.8, 4) is 0 Å². The van der Waals surface area contributed by atoms with Gasteiger partial charge in [-0.05, 0) is 43.4 Å². The van der Waals surface area contributed by atoms with Gasteiger partial charge in [-0.25, -0.2) is 4.79 Å². The van der Waals surface area contributed by atoms with Crippen molar-refractivity contribution in [1.29, 1.82) is 0 Å². The number of pyridine rings is 1. The first-order valence-corrected chi connectivity index (χ1v) is 8.64. The number of nitrogens with one attached hydrogen (secondary N) is 2. The van der Waals surface area contributed by atoms with Gasteiger partial charge >= 0.3 is 6.03 Å². The van der Waals surface area contributed by atoms with Gasteiger partial charge in [0.25, 0.3) is 0 Å². The van der Waals surface area contributed by atoms with Crippen LogP contribution in [0.25, 0.3) is 5.65 Å². The largest absolute Gasteiger partial charge is 0.331 e. The molecule has 6 heteroatoms. The molecule has 1 aliphatic rings. The third kappa shape index (κ3) is 3.33. The zero-order chi connectivity index (χ0) is 17.2. The Morgan fingerprint density at radius 3 is 2.60 bits per heavy atom.